The summed E-state index contributed by atoms with van der Waals surface area (Å²) in [5.41, 5.74) is 6.88. The number of benzene rings is 2. The van der Waals surface area contributed by atoms with Crippen molar-refractivity contribution in [2.45, 2.75) is 25.4 Å². The molecule has 0 saturated carbocycles. The number of H-pyrrole nitrogens is 1. The summed E-state index contributed by atoms with van der Waals surface area (Å²) in [6.45, 7) is 0.531. The van der Waals surface area contributed by atoms with E-state index >= 15 is 0 Å². The Morgan fingerprint density at radius 3 is 2.50 bits per heavy atom. The van der Waals surface area contributed by atoms with Crippen LogP contribution in [0.15, 0.2) is 36.4 Å². The number of para-hydroxylation sites is 1. The highest BCUT2D eigenvalue weighted by molar-refractivity contribution is 6.35. The van der Waals surface area contributed by atoms with E-state index in [2.05, 4.69) is 4.98 Å². The van der Waals surface area contributed by atoms with Crippen LogP contribution in [0.1, 0.15) is 24.0 Å². The molecule has 138 valence electrons. The van der Waals surface area contributed by atoms with Gasteiger partial charge in [-0.3, -0.25) is 0 Å². The minimum absolute atomic E-state index is 0.0637. The van der Waals surface area contributed by atoms with Crippen molar-refractivity contribution >= 4 is 34.1 Å². The molecule has 26 heavy (non-hydrogen) atoms. The van der Waals surface area contributed by atoms with Crippen molar-refractivity contribution in [2.24, 2.45) is 5.73 Å². The summed E-state index contributed by atoms with van der Waals surface area (Å²) in [6, 6.07) is 9.14. The van der Waals surface area contributed by atoms with Gasteiger partial charge in [-0.15, -0.1) is 0 Å². The number of hydrogen-bond acceptors (Lipinski definition) is 1. The van der Waals surface area contributed by atoms with E-state index < -0.39 is 11.7 Å². The van der Waals surface area contributed by atoms with Gasteiger partial charge in [0, 0.05) is 21.0 Å². The maximum atomic E-state index is 13.4. The number of nitrogens with two attached hydrogens (primary N) is 1. The van der Waals surface area contributed by atoms with Crippen LogP contribution in [0.2, 0.25) is 10.0 Å². The Morgan fingerprint density at radius 2 is 1.81 bits per heavy atom. The molecule has 0 bridgehead atoms. The Kier molecular flexibility index (Phi) is 5.51. The van der Waals surface area contributed by atoms with Crippen molar-refractivity contribution < 1.29 is 13.2 Å². The molecule has 0 aliphatic rings. The molecule has 0 atom stereocenters. The van der Waals surface area contributed by atoms with E-state index in [9.17, 15) is 13.2 Å². The number of fused-ring (bicyclic) bond motifs is 1. The monoisotopic (exact) mass is 400 g/mol. The van der Waals surface area contributed by atoms with E-state index in [0.717, 1.165) is 24.5 Å². The lowest BCUT2D eigenvalue weighted by molar-refractivity contribution is -0.136. The fourth-order valence-electron chi connectivity index (χ4n) is 3.13. The van der Waals surface area contributed by atoms with Gasteiger partial charge in [0.25, 0.3) is 0 Å². The van der Waals surface area contributed by atoms with E-state index in [4.69, 9.17) is 28.9 Å². The third-order valence-corrected chi connectivity index (χ3v) is 4.89. The first-order chi connectivity index (χ1) is 12.3. The first-order valence-corrected chi connectivity index (χ1v) is 8.94. The minimum Gasteiger partial charge on any atom is -0.354 e. The molecule has 2 aromatic carbocycles. The molecule has 2 nitrogen and oxygen atoms in total. The van der Waals surface area contributed by atoms with Crippen LogP contribution in [0.25, 0.3) is 22.2 Å². The molecule has 0 spiro atoms. The second-order valence-corrected chi connectivity index (χ2v) is 6.92. The van der Waals surface area contributed by atoms with Crippen LogP contribution in [0.5, 0.6) is 0 Å². The molecule has 3 aromatic rings. The van der Waals surface area contributed by atoms with Crippen molar-refractivity contribution in [1.29, 1.82) is 0 Å². The minimum atomic E-state index is -4.45. The lowest BCUT2D eigenvalue weighted by Crippen LogP contribution is -2.05. The zero-order chi connectivity index (χ0) is 18.9. The SMILES string of the molecule is NCCCCc1c(-c2cc(Cl)ccc2Cl)[nH]c2c(C(F)(F)F)cccc12. The summed E-state index contributed by atoms with van der Waals surface area (Å²) in [5, 5.41) is 1.43. The van der Waals surface area contributed by atoms with Crippen molar-refractivity contribution in [3.05, 3.63) is 57.6 Å². The fourth-order valence-corrected chi connectivity index (χ4v) is 3.52. The Balaban J connectivity index is 2.26. The van der Waals surface area contributed by atoms with Gasteiger partial charge in [0.05, 0.1) is 16.8 Å². The van der Waals surface area contributed by atoms with Crippen molar-refractivity contribution in [3.8, 4) is 11.3 Å². The van der Waals surface area contributed by atoms with E-state index in [1.54, 1.807) is 24.3 Å². The lowest BCUT2D eigenvalue weighted by Gasteiger charge is -2.08. The Bertz CT molecular complexity index is 932. The van der Waals surface area contributed by atoms with Crippen molar-refractivity contribution in [2.75, 3.05) is 6.54 Å². The van der Waals surface area contributed by atoms with Gasteiger partial charge in [0.2, 0.25) is 0 Å². The van der Waals surface area contributed by atoms with Gasteiger partial charge < -0.3 is 10.7 Å². The normalized spacial score (nSPS) is 12.1. The average molecular weight is 401 g/mol. The number of aromatic nitrogens is 1. The van der Waals surface area contributed by atoms with Crippen LogP contribution in [0, 0.1) is 0 Å². The zero-order valence-corrected chi connectivity index (χ0v) is 15.3. The third kappa shape index (κ3) is 3.70. The van der Waals surface area contributed by atoms with Gasteiger partial charge in [-0.2, -0.15) is 13.2 Å². The summed E-state index contributed by atoms with van der Waals surface area (Å²) in [5.74, 6) is 0. The topological polar surface area (TPSA) is 41.8 Å². The molecule has 0 unspecified atom stereocenters. The predicted molar refractivity (Wildman–Crippen MR) is 101 cm³/mol. The second kappa shape index (κ2) is 7.51. The fraction of sp³-hybridized carbons (Fsp3) is 0.263. The van der Waals surface area contributed by atoms with Crippen LogP contribution in [-0.2, 0) is 12.6 Å². The number of alkyl halides is 3. The summed E-state index contributed by atoms with van der Waals surface area (Å²) in [7, 11) is 0. The Hall–Kier alpha value is -1.69. The number of nitrogens with one attached hydrogen (secondary N) is 1. The highest BCUT2D eigenvalue weighted by Crippen LogP contribution is 2.41. The van der Waals surface area contributed by atoms with Gasteiger partial charge >= 0.3 is 6.18 Å². The average Bonchev–Trinajstić information content (AvgIpc) is 2.95. The number of halogens is 5. The van der Waals surface area contributed by atoms with Crippen LogP contribution in [0.4, 0.5) is 13.2 Å². The van der Waals surface area contributed by atoms with E-state index in [0.29, 0.717) is 39.7 Å². The molecule has 0 radical (unpaired) electrons. The number of hydrogen-bond donors (Lipinski definition) is 2. The lowest BCUT2D eigenvalue weighted by atomic mass is 9.99. The molecule has 3 N–H and O–H groups in total. The first kappa shape index (κ1) is 19.1. The standard InChI is InChI=1S/C19H17Cl2F3N2/c20-11-7-8-16(21)14(10-11)17-12(4-1-2-9-25)13-5-3-6-15(18(13)26-17)19(22,23)24/h3,5-8,10,26H,1-2,4,9,25H2. The molecule has 0 aliphatic heterocycles. The van der Waals surface area contributed by atoms with E-state index in [1.807, 2.05) is 0 Å². The van der Waals surface area contributed by atoms with Gasteiger partial charge in [-0.25, -0.2) is 0 Å². The highest BCUT2D eigenvalue weighted by atomic mass is 35.5. The molecular weight excluding hydrogens is 384 g/mol. The smallest absolute Gasteiger partial charge is 0.354 e. The van der Waals surface area contributed by atoms with Crippen molar-refractivity contribution in [1.82, 2.24) is 4.98 Å². The molecule has 7 heteroatoms. The molecule has 0 saturated heterocycles. The number of aryl methyl sites for hydroxylation is 1. The Labute approximate surface area is 159 Å². The summed E-state index contributed by atoms with van der Waals surface area (Å²) in [4.78, 5) is 2.96. The molecule has 3 rings (SSSR count). The first-order valence-electron chi connectivity index (χ1n) is 8.19. The summed E-state index contributed by atoms with van der Waals surface area (Å²) >= 11 is 12.4. The van der Waals surface area contributed by atoms with Crippen LogP contribution in [0.3, 0.4) is 0 Å². The number of aromatic amines is 1. The van der Waals surface area contributed by atoms with Gasteiger partial charge in [0.15, 0.2) is 0 Å². The van der Waals surface area contributed by atoms with Crippen LogP contribution >= 0.6 is 23.2 Å². The van der Waals surface area contributed by atoms with Crippen molar-refractivity contribution in [3.63, 3.8) is 0 Å². The maximum Gasteiger partial charge on any atom is 0.418 e. The van der Waals surface area contributed by atoms with E-state index in [-0.39, 0.29) is 5.52 Å². The molecule has 0 amide bonds. The summed E-state index contributed by atoms with van der Waals surface area (Å²) in [6.07, 6.45) is -2.30. The number of unbranched alkanes of at least 4 members (excludes halogenated alkanes) is 1. The Morgan fingerprint density at radius 1 is 1.04 bits per heavy atom. The second-order valence-electron chi connectivity index (χ2n) is 6.07. The van der Waals surface area contributed by atoms with Crippen LogP contribution in [-0.4, -0.2) is 11.5 Å². The van der Waals surface area contributed by atoms with Gasteiger partial charge in [-0.1, -0.05) is 35.3 Å². The molecule has 0 aliphatic carbocycles. The molecule has 0 fully saturated rings. The zero-order valence-electron chi connectivity index (χ0n) is 13.8. The predicted octanol–water partition coefficient (Wildman–Crippen LogP) is 6.44. The largest absolute Gasteiger partial charge is 0.418 e. The summed E-state index contributed by atoms with van der Waals surface area (Å²) < 4.78 is 40.3. The maximum absolute atomic E-state index is 13.4. The number of rotatable bonds is 5. The van der Waals surface area contributed by atoms with E-state index in [1.165, 1.54) is 6.07 Å². The quantitative estimate of drug-likeness (QED) is 0.475. The van der Waals surface area contributed by atoms with Gasteiger partial charge in [0.1, 0.15) is 0 Å². The highest BCUT2D eigenvalue weighted by Gasteiger charge is 2.34. The molecule has 1 heterocycles. The third-order valence-electron chi connectivity index (χ3n) is 4.33. The molecule has 1 aromatic heterocycles. The van der Waals surface area contributed by atoms with Gasteiger partial charge in [-0.05, 0) is 55.6 Å². The van der Waals surface area contributed by atoms with Crippen LogP contribution < -0.4 is 5.73 Å². The molecular formula is C19H17Cl2F3N2.